The summed E-state index contributed by atoms with van der Waals surface area (Å²) in [6.07, 6.45) is 0. The Balaban J connectivity index is 1.99. The van der Waals surface area contributed by atoms with Gasteiger partial charge >= 0.3 is 6.03 Å². The third-order valence-corrected chi connectivity index (χ3v) is 2.77. The Morgan fingerprint density at radius 2 is 2.31 bits per heavy atom. The zero-order valence-corrected chi connectivity index (χ0v) is 7.53. The second-order valence-corrected chi connectivity index (χ2v) is 3.60. The molecule has 2 aliphatic heterocycles. The number of rotatable bonds is 1. The molecule has 5 heteroatoms. The van der Waals surface area contributed by atoms with E-state index in [0.29, 0.717) is 5.92 Å². The lowest BCUT2D eigenvalue weighted by atomic mass is 9.95. The molecule has 2 rings (SSSR count). The molecule has 2 amide bonds. The van der Waals surface area contributed by atoms with Gasteiger partial charge in [0, 0.05) is 25.6 Å². The van der Waals surface area contributed by atoms with E-state index in [1.807, 2.05) is 0 Å². The highest BCUT2D eigenvalue weighted by atomic mass is 16.5. The van der Waals surface area contributed by atoms with Crippen molar-refractivity contribution < 1.29 is 9.53 Å². The van der Waals surface area contributed by atoms with Gasteiger partial charge in [-0.25, -0.2) is 4.79 Å². The monoisotopic (exact) mass is 185 g/mol. The van der Waals surface area contributed by atoms with E-state index in [9.17, 15) is 4.79 Å². The lowest BCUT2D eigenvalue weighted by molar-refractivity contribution is -0.0699. The second kappa shape index (κ2) is 3.51. The molecular weight excluding hydrogens is 170 g/mol. The minimum atomic E-state index is -0.307. The van der Waals surface area contributed by atoms with Crippen LogP contribution in [-0.2, 0) is 4.74 Å². The van der Waals surface area contributed by atoms with Crippen molar-refractivity contribution in [1.29, 1.82) is 0 Å². The smallest absolute Gasteiger partial charge is 0.315 e. The molecule has 0 aromatic rings. The number of carbonyl (C=O) groups excluding carboxylic acids is 1. The Morgan fingerprint density at radius 1 is 1.54 bits per heavy atom. The molecule has 0 radical (unpaired) electrons. The number of ether oxygens (including phenoxy) is 1. The van der Waals surface area contributed by atoms with Crippen LogP contribution in [0.4, 0.5) is 4.79 Å². The lowest BCUT2D eigenvalue weighted by Crippen LogP contribution is -2.61. The van der Waals surface area contributed by atoms with Crippen molar-refractivity contribution in [3.05, 3.63) is 0 Å². The Hall–Kier alpha value is -0.810. The molecule has 2 heterocycles. The first-order valence-electron chi connectivity index (χ1n) is 4.63. The van der Waals surface area contributed by atoms with Crippen LogP contribution in [0.1, 0.15) is 0 Å². The summed E-state index contributed by atoms with van der Waals surface area (Å²) in [4.78, 5) is 12.8. The average Bonchev–Trinajstić information content (AvgIpc) is 2.02. The first-order valence-corrected chi connectivity index (χ1v) is 4.63. The first-order chi connectivity index (χ1) is 6.29. The molecule has 0 aromatic heterocycles. The van der Waals surface area contributed by atoms with Gasteiger partial charge in [0.2, 0.25) is 0 Å². The quantitative estimate of drug-likeness (QED) is 0.550. The van der Waals surface area contributed by atoms with Crippen molar-refractivity contribution in [2.24, 2.45) is 11.7 Å². The summed E-state index contributed by atoms with van der Waals surface area (Å²) in [5.41, 5.74) is 5.29. The molecule has 3 N–H and O–H groups in total. The van der Waals surface area contributed by atoms with E-state index < -0.39 is 0 Å². The van der Waals surface area contributed by atoms with Crippen LogP contribution < -0.4 is 11.1 Å². The second-order valence-electron chi connectivity index (χ2n) is 3.60. The summed E-state index contributed by atoms with van der Waals surface area (Å²) in [6.45, 7) is 3.92. The van der Waals surface area contributed by atoms with Crippen molar-refractivity contribution in [3.63, 3.8) is 0 Å². The predicted octanol–water partition coefficient (Wildman–Crippen LogP) is -1.01. The van der Waals surface area contributed by atoms with Gasteiger partial charge in [0.1, 0.15) is 0 Å². The lowest BCUT2D eigenvalue weighted by Gasteiger charge is -2.43. The van der Waals surface area contributed by atoms with Crippen LogP contribution in [0, 0.1) is 5.92 Å². The summed E-state index contributed by atoms with van der Waals surface area (Å²) in [6, 6.07) is -0.0709. The zero-order valence-electron chi connectivity index (χ0n) is 7.53. The van der Waals surface area contributed by atoms with Gasteiger partial charge in [-0.05, 0) is 0 Å². The highest BCUT2D eigenvalue weighted by molar-refractivity contribution is 5.72. The van der Waals surface area contributed by atoms with Crippen LogP contribution in [0.15, 0.2) is 0 Å². The fraction of sp³-hybridized carbons (Fsp3) is 0.875. The Labute approximate surface area is 77.2 Å². The number of nitrogens with two attached hydrogens (primary N) is 1. The van der Waals surface area contributed by atoms with E-state index in [-0.39, 0.29) is 12.1 Å². The van der Waals surface area contributed by atoms with Crippen LogP contribution in [0.3, 0.4) is 0 Å². The standard InChI is InChI=1S/C8H15N3O2/c9-8(12)11-2-1-10-3-7(11)6-4-13-5-6/h6-7,10H,1-5H2,(H2,9,12). The number of primary amides is 1. The summed E-state index contributed by atoms with van der Waals surface area (Å²) in [7, 11) is 0. The van der Waals surface area contributed by atoms with Gasteiger partial charge < -0.3 is 20.7 Å². The highest BCUT2D eigenvalue weighted by Gasteiger charge is 2.35. The maximum absolute atomic E-state index is 11.1. The summed E-state index contributed by atoms with van der Waals surface area (Å²) < 4.78 is 5.11. The Morgan fingerprint density at radius 3 is 2.85 bits per heavy atom. The van der Waals surface area contributed by atoms with E-state index in [0.717, 1.165) is 32.8 Å². The number of hydrogen-bond acceptors (Lipinski definition) is 3. The predicted molar refractivity (Wildman–Crippen MR) is 47.3 cm³/mol. The van der Waals surface area contributed by atoms with Crippen molar-refractivity contribution >= 4 is 6.03 Å². The SMILES string of the molecule is NC(=O)N1CCNCC1C1COC1. The van der Waals surface area contributed by atoms with Gasteiger partial charge in [-0.2, -0.15) is 0 Å². The van der Waals surface area contributed by atoms with E-state index >= 15 is 0 Å². The molecule has 2 aliphatic rings. The fourth-order valence-electron chi connectivity index (χ4n) is 1.90. The largest absolute Gasteiger partial charge is 0.381 e. The molecule has 0 aromatic carbocycles. The minimum absolute atomic E-state index is 0.236. The normalized spacial score (nSPS) is 29.8. The average molecular weight is 185 g/mol. The third kappa shape index (κ3) is 1.62. The Kier molecular flexibility index (Phi) is 2.37. The van der Waals surface area contributed by atoms with Gasteiger partial charge in [0.15, 0.2) is 0 Å². The van der Waals surface area contributed by atoms with Crippen molar-refractivity contribution in [2.75, 3.05) is 32.8 Å². The zero-order chi connectivity index (χ0) is 9.26. The fourth-order valence-corrected chi connectivity index (χ4v) is 1.90. The molecule has 0 bridgehead atoms. The van der Waals surface area contributed by atoms with Gasteiger partial charge in [-0.15, -0.1) is 0 Å². The van der Waals surface area contributed by atoms with Gasteiger partial charge in [-0.1, -0.05) is 0 Å². The summed E-state index contributed by atoms with van der Waals surface area (Å²) >= 11 is 0. The maximum atomic E-state index is 11.1. The molecular formula is C8H15N3O2. The van der Waals surface area contributed by atoms with E-state index in [1.54, 1.807) is 4.90 Å². The van der Waals surface area contributed by atoms with Gasteiger partial charge in [0.05, 0.1) is 19.3 Å². The van der Waals surface area contributed by atoms with Crippen molar-refractivity contribution in [3.8, 4) is 0 Å². The van der Waals surface area contributed by atoms with E-state index in [4.69, 9.17) is 10.5 Å². The number of nitrogens with zero attached hydrogens (tertiary/aromatic N) is 1. The highest BCUT2D eigenvalue weighted by Crippen LogP contribution is 2.20. The third-order valence-electron chi connectivity index (χ3n) is 2.77. The molecule has 2 saturated heterocycles. The molecule has 1 atom stereocenters. The van der Waals surface area contributed by atoms with E-state index in [1.165, 1.54) is 0 Å². The maximum Gasteiger partial charge on any atom is 0.315 e. The summed E-state index contributed by atoms with van der Waals surface area (Å²) in [5.74, 6) is 0.472. The molecule has 2 fully saturated rings. The van der Waals surface area contributed by atoms with Gasteiger partial charge in [-0.3, -0.25) is 0 Å². The number of piperazine rings is 1. The summed E-state index contributed by atoms with van der Waals surface area (Å²) in [5, 5.41) is 3.26. The van der Waals surface area contributed by atoms with Crippen LogP contribution in [0.25, 0.3) is 0 Å². The topological polar surface area (TPSA) is 67.6 Å². The first kappa shape index (κ1) is 8.77. The number of amides is 2. The molecule has 5 nitrogen and oxygen atoms in total. The number of carbonyl (C=O) groups is 1. The van der Waals surface area contributed by atoms with Crippen LogP contribution in [0.2, 0.25) is 0 Å². The minimum Gasteiger partial charge on any atom is -0.381 e. The molecule has 0 saturated carbocycles. The Bertz CT molecular complexity index is 206. The van der Waals surface area contributed by atoms with Crippen LogP contribution in [0.5, 0.6) is 0 Å². The molecule has 0 aliphatic carbocycles. The van der Waals surface area contributed by atoms with E-state index in [2.05, 4.69) is 5.32 Å². The number of hydrogen-bond donors (Lipinski definition) is 2. The van der Waals surface area contributed by atoms with Crippen LogP contribution in [-0.4, -0.2) is 49.8 Å². The van der Waals surface area contributed by atoms with Crippen molar-refractivity contribution in [2.45, 2.75) is 6.04 Å². The number of nitrogens with one attached hydrogen (secondary N) is 1. The van der Waals surface area contributed by atoms with Crippen LogP contribution >= 0.6 is 0 Å². The molecule has 1 unspecified atom stereocenters. The molecule has 74 valence electrons. The molecule has 13 heavy (non-hydrogen) atoms. The van der Waals surface area contributed by atoms with Gasteiger partial charge in [0.25, 0.3) is 0 Å². The molecule has 0 spiro atoms. The number of urea groups is 1. The van der Waals surface area contributed by atoms with Crippen molar-refractivity contribution in [1.82, 2.24) is 10.2 Å².